The van der Waals surface area contributed by atoms with Gasteiger partial charge in [-0.25, -0.2) is 0 Å². The summed E-state index contributed by atoms with van der Waals surface area (Å²) in [7, 11) is 3.50. The lowest BCUT2D eigenvalue weighted by Gasteiger charge is -2.37. The fraction of sp³-hybridized carbons (Fsp3) is 0.647. The molecule has 1 heterocycles. The van der Waals surface area contributed by atoms with Crippen molar-refractivity contribution in [2.75, 3.05) is 27.3 Å². The Morgan fingerprint density at radius 2 is 1.85 bits per heavy atom. The van der Waals surface area contributed by atoms with Crippen LogP contribution in [-0.2, 0) is 0 Å². The molecule has 1 atom stereocenters. The highest BCUT2D eigenvalue weighted by Gasteiger charge is 2.28. The zero-order valence-corrected chi connectivity index (χ0v) is 13.0. The molecule has 3 heteroatoms. The van der Waals surface area contributed by atoms with Crippen molar-refractivity contribution in [3.8, 4) is 11.5 Å². The van der Waals surface area contributed by atoms with Gasteiger partial charge in [0.15, 0.2) is 0 Å². The van der Waals surface area contributed by atoms with Gasteiger partial charge in [0, 0.05) is 6.04 Å². The first-order valence-electron chi connectivity index (χ1n) is 7.76. The monoisotopic (exact) mass is 277 g/mol. The summed E-state index contributed by atoms with van der Waals surface area (Å²) in [5.41, 5.74) is 1.23. The largest absolute Gasteiger partial charge is 0.496 e. The summed E-state index contributed by atoms with van der Waals surface area (Å²) in [6.07, 6.45) is 6.28. The zero-order valence-electron chi connectivity index (χ0n) is 13.0. The van der Waals surface area contributed by atoms with Crippen LogP contribution in [0.25, 0.3) is 0 Å². The molecule has 1 saturated heterocycles. The second kappa shape index (κ2) is 7.53. The second-order valence-electron chi connectivity index (χ2n) is 5.48. The first kappa shape index (κ1) is 15.2. The maximum Gasteiger partial charge on any atom is 0.127 e. The number of ether oxygens (including phenoxy) is 2. The average Bonchev–Trinajstić information content (AvgIpc) is 2.52. The second-order valence-corrected chi connectivity index (χ2v) is 5.48. The smallest absolute Gasteiger partial charge is 0.127 e. The summed E-state index contributed by atoms with van der Waals surface area (Å²) in [6, 6.07) is 6.52. The molecule has 2 rings (SSSR count). The van der Waals surface area contributed by atoms with Crippen LogP contribution in [0.4, 0.5) is 0 Å². The summed E-state index contributed by atoms with van der Waals surface area (Å²) in [6.45, 7) is 4.61. The zero-order chi connectivity index (χ0) is 14.4. The van der Waals surface area contributed by atoms with Gasteiger partial charge in [0.25, 0.3) is 0 Å². The Hall–Kier alpha value is -1.22. The van der Waals surface area contributed by atoms with E-state index < -0.39 is 0 Å². The van der Waals surface area contributed by atoms with Gasteiger partial charge in [-0.15, -0.1) is 0 Å². The molecule has 0 aromatic heterocycles. The van der Waals surface area contributed by atoms with Crippen molar-refractivity contribution in [2.24, 2.45) is 0 Å². The molecule has 1 aromatic rings. The summed E-state index contributed by atoms with van der Waals surface area (Å²) in [4.78, 5) is 2.60. The molecule has 0 saturated carbocycles. The minimum atomic E-state index is 0.432. The summed E-state index contributed by atoms with van der Waals surface area (Å²) in [5, 5.41) is 0. The van der Waals surface area contributed by atoms with Crippen LogP contribution in [0.3, 0.4) is 0 Å². The van der Waals surface area contributed by atoms with Crippen molar-refractivity contribution in [3.05, 3.63) is 23.8 Å². The van der Waals surface area contributed by atoms with Gasteiger partial charge in [0.1, 0.15) is 11.5 Å². The lowest BCUT2D eigenvalue weighted by atomic mass is 9.93. The van der Waals surface area contributed by atoms with Crippen LogP contribution in [0.5, 0.6) is 11.5 Å². The third kappa shape index (κ3) is 3.26. The van der Waals surface area contributed by atoms with Gasteiger partial charge in [-0.1, -0.05) is 25.8 Å². The number of benzene rings is 1. The van der Waals surface area contributed by atoms with Crippen molar-refractivity contribution >= 4 is 0 Å². The Bertz CT molecular complexity index is 397. The number of piperidine rings is 1. The quantitative estimate of drug-likeness (QED) is 0.783. The number of unbranched alkanes of at least 4 members (excludes halogenated alkanes) is 1. The molecule has 1 aliphatic rings. The van der Waals surface area contributed by atoms with Gasteiger partial charge >= 0.3 is 0 Å². The van der Waals surface area contributed by atoms with Crippen molar-refractivity contribution in [2.45, 2.75) is 45.1 Å². The van der Waals surface area contributed by atoms with Crippen LogP contribution >= 0.6 is 0 Å². The maximum atomic E-state index is 5.59. The summed E-state index contributed by atoms with van der Waals surface area (Å²) in [5.74, 6) is 1.91. The number of nitrogens with zero attached hydrogens (tertiary/aromatic N) is 1. The van der Waals surface area contributed by atoms with Crippen LogP contribution in [0, 0.1) is 0 Å². The van der Waals surface area contributed by atoms with Crippen LogP contribution in [0.1, 0.15) is 50.6 Å². The highest BCUT2D eigenvalue weighted by molar-refractivity contribution is 5.47. The predicted molar refractivity (Wildman–Crippen MR) is 82.6 cm³/mol. The van der Waals surface area contributed by atoms with Crippen molar-refractivity contribution in [1.82, 2.24) is 4.90 Å². The van der Waals surface area contributed by atoms with Crippen molar-refractivity contribution < 1.29 is 9.47 Å². The Labute approximate surface area is 122 Å². The molecule has 0 amide bonds. The SMILES string of the molecule is CCCCN1CCCC[C@H]1c1c(OC)cccc1OC. The number of methoxy groups -OCH3 is 2. The van der Waals surface area contributed by atoms with Gasteiger partial charge in [-0.05, 0) is 44.5 Å². The Kier molecular flexibility index (Phi) is 5.72. The molecule has 1 aromatic carbocycles. The van der Waals surface area contributed by atoms with Crippen molar-refractivity contribution in [1.29, 1.82) is 0 Å². The number of hydrogen-bond acceptors (Lipinski definition) is 3. The molecule has 112 valence electrons. The van der Waals surface area contributed by atoms with E-state index in [1.165, 1.54) is 50.8 Å². The van der Waals surface area contributed by atoms with E-state index >= 15 is 0 Å². The van der Waals surface area contributed by atoms with Gasteiger partial charge < -0.3 is 9.47 Å². The highest BCUT2D eigenvalue weighted by Crippen LogP contribution is 2.41. The Balaban J connectivity index is 2.30. The van der Waals surface area contributed by atoms with E-state index in [0.717, 1.165) is 11.5 Å². The molecule has 0 radical (unpaired) electrons. The van der Waals surface area contributed by atoms with E-state index in [1.807, 2.05) is 18.2 Å². The van der Waals surface area contributed by atoms with E-state index in [9.17, 15) is 0 Å². The fourth-order valence-electron chi connectivity index (χ4n) is 3.16. The van der Waals surface area contributed by atoms with E-state index in [2.05, 4.69) is 11.8 Å². The lowest BCUT2D eigenvalue weighted by Crippen LogP contribution is -2.34. The standard InChI is InChI=1S/C17H27NO2/c1-4-5-12-18-13-7-6-9-14(18)17-15(19-2)10-8-11-16(17)20-3/h8,10-11,14H,4-7,9,12-13H2,1-3H3/t14-/m0/s1. The topological polar surface area (TPSA) is 21.7 Å². The number of hydrogen-bond donors (Lipinski definition) is 0. The molecule has 0 unspecified atom stereocenters. The molecule has 3 nitrogen and oxygen atoms in total. The molecule has 0 aliphatic carbocycles. The molecule has 0 spiro atoms. The normalized spacial score (nSPS) is 19.9. The molecule has 0 bridgehead atoms. The molecular weight excluding hydrogens is 250 g/mol. The van der Waals surface area contributed by atoms with Crippen LogP contribution < -0.4 is 9.47 Å². The molecule has 20 heavy (non-hydrogen) atoms. The summed E-state index contributed by atoms with van der Waals surface area (Å²) < 4.78 is 11.2. The van der Waals surface area contributed by atoms with Gasteiger partial charge in [0.05, 0.1) is 19.8 Å². The predicted octanol–water partition coefficient (Wildman–Crippen LogP) is 4.03. The van der Waals surface area contributed by atoms with Gasteiger partial charge in [-0.2, -0.15) is 0 Å². The van der Waals surface area contributed by atoms with E-state index in [4.69, 9.17) is 9.47 Å². The minimum Gasteiger partial charge on any atom is -0.496 e. The molecule has 1 fully saturated rings. The fourth-order valence-corrected chi connectivity index (χ4v) is 3.16. The minimum absolute atomic E-state index is 0.432. The van der Waals surface area contributed by atoms with Gasteiger partial charge in [-0.3, -0.25) is 4.90 Å². The number of likely N-dealkylation sites (tertiary alicyclic amines) is 1. The third-order valence-electron chi connectivity index (χ3n) is 4.21. The van der Waals surface area contributed by atoms with E-state index in [0.29, 0.717) is 6.04 Å². The third-order valence-corrected chi connectivity index (χ3v) is 4.21. The number of rotatable bonds is 6. The highest BCUT2D eigenvalue weighted by atomic mass is 16.5. The van der Waals surface area contributed by atoms with Crippen molar-refractivity contribution in [3.63, 3.8) is 0 Å². The molecule has 0 N–H and O–H groups in total. The molecular formula is C17H27NO2. The molecule has 1 aliphatic heterocycles. The van der Waals surface area contributed by atoms with Crippen LogP contribution in [0.2, 0.25) is 0 Å². The Morgan fingerprint density at radius 1 is 1.15 bits per heavy atom. The summed E-state index contributed by atoms with van der Waals surface area (Å²) >= 11 is 0. The van der Waals surface area contributed by atoms with E-state index in [-0.39, 0.29) is 0 Å². The lowest BCUT2D eigenvalue weighted by molar-refractivity contribution is 0.141. The van der Waals surface area contributed by atoms with E-state index in [1.54, 1.807) is 14.2 Å². The average molecular weight is 277 g/mol. The van der Waals surface area contributed by atoms with Crippen LogP contribution in [-0.4, -0.2) is 32.2 Å². The first-order chi connectivity index (χ1) is 9.81. The maximum absolute atomic E-state index is 5.59. The Morgan fingerprint density at radius 3 is 2.45 bits per heavy atom. The first-order valence-corrected chi connectivity index (χ1v) is 7.76. The van der Waals surface area contributed by atoms with Gasteiger partial charge in [0.2, 0.25) is 0 Å². The van der Waals surface area contributed by atoms with Crippen LogP contribution in [0.15, 0.2) is 18.2 Å².